The highest BCUT2D eigenvalue weighted by molar-refractivity contribution is 5.91. The molecular formula is C24H30N2O. The number of para-hydroxylation sites is 1. The minimum Gasteiger partial charge on any atom is -0.339 e. The van der Waals surface area contributed by atoms with Crippen molar-refractivity contribution in [1.29, 1.82) is 0 Å². The Bertz CT molecular complexity index is 769. The molecule has 0 spiro atoms. The van der Waals surface area contributed by atoms with Crippen LogP contribution >= 0.6 is 0 Å². The minimum absolute atomic E-state index is 0.170. The average molecular weight is 363 g/mol. The lowest BCUT2D eigenvalue weighted by molar-refractivity contribution is -0.117. The second kappa shape index (κ2) is 7.75. The van der Waals surface area contributed by atoms with Gasteiger partial charge in [0.15, 0.2) is 0 Å². The van der Waals surface area contributed by atoms with Gasteiger partial charge in [0.1, 0.15) is 0 Å². The van der Waals surface area contributed by atoms with Crippen LogP contribution in [0.1, 0.15) is 46.0 Å². The van der Waals surface area contributed by atoms with Gasteiger partial charge in [0.25, 0.3) is 0 Å². The van der Waals surface area contributed by atoms with Gasteiger partial charge in [0.05, 0.1) is 0 Å². The fourth-order valence-corrected chi connectivity index (χ4v) is 5.12. The summed E-state index contributed by atoms with van der Waals surface area (Å²) in [7, 11) is 0. The van der Waals surface area contributed by atoms with Crippen LogP contribution in [0.3, 0.4) is 0 Å². The Kier molecular flexibility index (Phi) is 5.20. The van der Waals surface area contributed by atoms with E-state index in [1.807, 2.05) is 18.2 Å². The number of amides is 1. The fraction of sp³-hybridized carbons (Fsp3) is 0.458. The average Bonchev–Trinajstić information content (AvgIpc) is 3.27. The van der Waals surface area contributed by atoms with E-state index in [1.165, 1.54) is 31.4 Å². The van der Waals surface area contributed by atoms with Crippen molar-refractivity contribution >= 4 is 23.0 Å². The van der Waals surface area contributed by atoms with E-state index in [-0.39, 0.29) is 5.91 Å². The molecule has 0 aromatic heterocycles. The van der Waals surface area contributed by atoms with Gasteiger partial charge in [-0.05, 0) is 87.3 Å². The zero-order chi connectivity index (χ0) is 18.8. The summed E-state index contributed by atoms with van der Waals surface area (Å²) in [5.41, 5.74) is 3.21. The Hall–Kier alpha value is -2.29. The highest BCUT2D eigenvalue weighted by atomic mass is 16.1. The molecule has 2 saturated carbocycles. The second-order valence-electron chi connectivity index (χ2n) is 8.53. The Morgan fingerprint density at radius 1 is 1.00 bits per heavy atom. The molecule has 142 valence electrons. The molecule has 1 amide bonds. The van der Waals surface area contributed by atoms with E-state index >= 15 is 0 Å². The summed E-state index contributed by atoms with van der Waals surface area (Å²) < 4.78 is 0. The van der Waals surface area contributed by atoms with Crippen LogP contribution in [0.25, 0.3) is 0 Å². The second-order valence-corrected chi connectivity index (χ2v) is 8.53. The predicted octanol–water partition coefficient (Wildman–Crippen LogP) is 6.00. The zero-order valence-electron chi connectivity index (χ0n) is 16.4. The van der Waals surface area contributed by atoms with Gasteiger partial charge in [-0.15, -0.1) is 0 Å². The van der Waals surface area contributed by atoms with Crippen LogP contribution in [0, 0.1) is 17.8 Å². The van der Waals surface area contributed by atoms with Gasteiger partial charge in [-0.3, -0.25) is 4.79 Å². The first-order valence-electron chi connectivity index (χ1n) is 10.3. The number of rotatable bonds is 6. The molecule has 27 heavy (non-hydrogen) atoms. The summed E-state index contributed by atoms with van der Waals surface area (Å²) in [5, 5.41) is 3.11. The highest BCUT2D eigenvalue weighted by Gasteiger charge is 2.40. The predicted molar refractivity (Wildman–Crippen MR) is 112 cm³/mol. The van der Waals surface area contributed by atoms with Crippen LogP contribution in [-0.4, -0.2) is 11.9 Å². The lowest BCUT2D eigenvalue weighted by Gasteiger charge is -2.29. The van der Waals surface area contributed by atoms with Gasteiger partial charge >= 0.3 is 0 Å². The first-order valence-corrected chi connectivity index (χ1v) is 10.3. The smallest absolute Gasteiger partial charge is 0.224 e. The van der Waals surface area contributed by atoms with E-state index in [1.54, 1.807) is 0 Å². The molecule has 0 aliphatic heterocycles. The van der Waals surface area contributed by atoms with Crippen molar-refractivity contribution in [2.75, 3.05) is 10.2 Å². The summed E-state index contributed by atoms with van der Waals surface area (Å²) >= 11 is 0. The van der Waals surface area contributed by atoms with Gasteiger partial charge in [-0.2, -0.15) is 0 Å². The number of nitrogens with one attached hydrogen (secondary N) is 1. The van der Waals surface area contributed by atoms with Crippen LogP contribution in [0.15, 0.2) is 54.6 Å². The third-order valence-electron chi connectivity index (χ3n) is 6.31. The van der Waals surface area contributed by atoms with Crippen LogP contribution in [0.5, 0.6) is 0 Å². The normalized spacial score (nSPS) is 23.6. The molecule has 3 heteroatoms. The van der Waals surface area contributed by atoms with Crippen molar-refractivity contribution in [3.8, 4) is 0 Å². The van der Waals surface area contributed by atoms with E-state index in [4.69, 9.17) is 0 Å². The quantitative estimate of drug-likeness (QED) is 0.684. The maximum absolute atomic E-state index is 12.5. The third kappa shape index (κ3) is 4.02. The molecule has 3 nitrogen and oxygen atoms in total. The molecule has 2 aliphatic rings. The van der Waals surface area contributed by atoms with Crippen molar-refractivity contribution in [3.05, 3.63) is 54.6 Å². The summed E-state index contributed by atoms with van der Waals surface area (Å²) in [6.07, 6.45) is 6.03. The first kappa shape index (κ1) is 18.1. The number of anilines is 3. The molecule has 2 aliphatic carbocycles. The number of hydrogen-bond acceptors (Lipinski definition) is 2. The molecule has 4 rings (SSSR count). The topological polar surface area (TPSA) is 32.3 Å². The third-order valence-corrected chi connectivity index (χ3v) is 6.31. The van der Waals surface area contributed by atoms with E-state index in [2.05, 4.69) is 60.5 Å². The Morgan fingerprint density at radius 3 is 2.30 bits per heavy atom. The molecule has 0 unspecified atom stereocenters. The number of carbonyl (C=O) groups excluding carboxylic acids is 1. The Balaban J connectivity index is 1.40. The molecule has 1 N–H and O–H groups in total. The zero-order valence-corrected chi connectivity index (χ0v) is 16.4. The van der Waals surface area contributed by atoms with E-state index in [0.29, 0.717) is 18.4 Å². The van der Waals surface area contributed by atoms with Crippen LogP contribution in [0.2, 0.25) is 0 Å². The van der Waals surface area contributed by atoms with Gasteiger partial charge < -0.3 is 10.2 Å². The van der Waals surface area contributed by atoms with Gasteiger partial charge in [-0.1, -0.05) is 24.6 Å². The standard InChI is InChI=1S/C24H30N2O/c1-17(2)26(22-6-4-3-5-7-22)23-12-10-21(11-13-23)25-24(27)16-20-15-18-8-9-19(20)14-18/h3-7,10-13,17-20H,8-9,14-16H2,1-2H3,(H,25,27)/t18-,19-,20-/m0/s1. The molecule has 2 aromatic carbocycles. The molecule has 2 fully saturated rings. The van der Waals surface area contributed by atoms with Crippen molar-refractivity contribution in [2.24, 2.45) is 17.8 Å². The number of nitrogens with zero attached hydrogens (tertiary/aromatic N) is 1. The molecular weight excluding hydrogens is 332 g/mol. The largest absolute Gasteiger partial charge is 0.339 e. The summed E-state index contributed by atoms with van der Waals surface area (Å²) in [6.45, 7) is 4.38. The van der Waals surface area contributed by atoms with Crippen molar-refractivity contribution in [2.45, 2.75) is 52.0 Å². The fourth-order valence-electron chi connectivity index (χ4n) is 5.12. The van der Waals surface area contributed by atoms with Crippen LogP contribution in [-0.2, 0) is 4.79 Å². The first-order chi connectivity index (χ1) is 13.1. The highest BCUT2D eigenvalue weighted by Crippen LogP contribution is 2.49. The summed E-state index contributed by atoms with van der Waals surface area (Å²) in [5.74, 6) is 2.47. The number of benzene rings is 2. The molecule has 0 heterocycles. The lowest BCUT2D eigenvalue weighted by Crippen LogP contribution is -2.25. The molecule has 0 saturated heterocycles. The molecule has 0 radical (unpaired) electrons. The van der Waals surface area contributed by atoms with E-state index in [0.717, 1.165) is 23.2 Å². The molecule has 3 atom stereocenters. The van der Waals surface area contributed by atoms with Crippen molar-refractivity contribution < 1.29 is 4.79 Å². The monoisotopic (exact) mass is 362 g/mol. The number of fused-ring (bicyclic) bond motifs is 2. The van der Waals surface area contributed by atoms with Crippen LogP contribution < -0.4 is 10.2 Å². The van der Waals surface area contributed by atoms with Crippen molar-refractivity contribution in [3.63, 3.8) is 0 Å². The van der Waals surface area contributed by atoms with Gasteiger partial charge in [0.2, 0.25) is 5.91 Å². The van der Waals surface area contributed by atoms with E-state index in [9.17, 15) is 4.79 Å². The maximum Gasteiger partial charge on any atom is 0.224 e. The van der Waals surface area contributed by atoms with E-state index < -0.39 is 0 Å². The molecule has 2 bridgehead atoms. The van der Waals surface area contributed by atoms with Gasteiger partial charge in [0, 0.05) is 29.5 Å². The number of hydrogen-bond donors (Lipinski definition) is 1. The van der Waals surface area contributed by atoms with Gasteiger partial charge in [-0.25, -0.2) is 0 Å². The minimum atomic E-state index is 0.170. The maximum atomic E-state index is 12.5. The van der Waals surface area contributed by atoms with Crippen molar-refractivity contribution in [1.82, 2.24) is 0 Å². The summed E-state index contributed by atoms with van der Waals surface area (Å²) in [4.78, 5) is 14.8. The Morgan fingerprint density at radius 2 is 1.70 bits per heavy atom. The lowest BCUT2D eigenvalue weighted by atomic mass is 9.86. The summed E-state index contributed by atoms with van der Waals surface area (Å²) in [6, 6.07) is 19.0. The SMILES string of the molecule is CC(C)N(c1ccccc1)c1ccc(NC(=O)C[C@@H]2C[C@H]3CC[C@H]2C3)cc1. The molecule has 2 aromatic rings. The number of carbonyl (C=O) groups is 1. The van der Waals surface area contributed by atoms with Crippen LogP contribution in [0.4, 0.5) is 17.1 Å². The Labute approximate surface area is 162 Å².